The van der Waals surface area contributed by atoms with Crippen LogP contribution in [0.4, 0.5) is 4.39 Å². The highest BCUT2D eigenvalue weighted by Gasteiger charge is 2.32. The number of halogens is 1. The summed E-state index contributed by atoms with van der Waals surface area (Å²) in [6, 6.07) is 5.01. The van der Waals surface area contributed by atoms with Crippen LogP contribution in [0, 0.1) is 18.7 Å². The number of likely N-dealkylation sites (tertiary alicyclic amines) is 1. The molecule has 1 aromatic rings. The van der Waals surface area contributed by atoms with Crippen LogP contribution in [0.2, 0.25) is 0 Å². The number of piperidine rings is 1. The maximum absolute atomic E-state index is 13.9. The van der Waals surface area contributed by atoms with Gasteiger partial charge in [-0.05, 0) is 44.2 Å². The van der Waals surface area contributed by atoms with Crippen molar-refractivity contribution in [2.75, 3.05) is 6.54 Å². The Labute approximate surface area is 114 Å². The van der Waals surface area contributed by atoms with Crippen molar-refractivity contribution in [3.8, 4) is 0 Å². The van der Waals surface area contributed by atoms with Crippen molar-refractivity contribution in [3.05, 3.63) is 35.1 Å². The van der Waals surface area contributed by atoms with Crippen molar-refractivity contribution in [1.82, 2.24) is 4.90 Å². The monoisotopic (exact) mass is 263 g/mol. The molecule has 0 saturated carbocycles. The molecule has 1 amide bonds. The molecule has 1 aliphatic heterocycles. The van der Waals surface area contributed by atoms with Gasteiger partial charge in [0.05, 0.1) is 5.56 Å². The average Bonchev–Trinajstić information content (AvgIpc) is 2.38. The Kier molecular flexibility index (Phi) is 4.23. The number of carbonyl (C=O) groups excluding carboxylic acids is 1. The highest BCUT2D eigenvalue weighted by atomic mass is 19.1. The molecule has 2 nitrogen and oxygen atoms in total. The first-order valence-corrected chi connectivity index (χ1v) is 7.12. The minimum atomic E-state index is -0.407. The van der Waals surface area contributed by atoms with Crippen molar-refractivity contribution in [2.24, 2.45) is 5.92 Å². The van der Waals surface area contributed by atoms with E-state index in [1.807, 2.05) is 4.90 Å². The number of nitrogens with zero attached hydrogens (tertiary/aromatic N) is 1. The Hall–Kier alpha value is -1.38. The number of amides is 1. The standard InChI is InChI=1S/C16H22FNO/c1-4-13-8-6-10-18(12(13)3)16(19)15-11(2)7-5-9-14(15)17/h5,7,9,12-13H,4,6,8,10H2,1-3H3. The maximum atomic E-state index is 13.9. The predicted molar refractivity (Wildman–Crippen MR) is 74.7 cm³/mol. The largest absolute Gasteiger partial charge is 0.336 e. The van der Waals surface area contributed by atoms with Crippen molar-refractivity contribution in [1.29, 1.82) is 0 Å². The third-order valence-corrected chi connectivity index (χ3v) is 4.37. The number of carbonyl (C=O) groups is 1. The average molecular weight is 263 g/mol. The quantitative estimate of drug-likeness (QED) is 0.795. The molecule has 0 aliphatic carbocycles. The fourth-order valence-corrected chi connectivity index (χ4v) is 3.10. The van der Waals surface area contributed by atoms with Gasteiger partial charge in [-0.25, -0.2) is 4.39 Å². The molecule has 0 radical (unpaired) electrons. The van der Waals surface area contributed by atoms with E-state index in [-0.39, 0.29) is 17.5 Å². The van der Waals surface area contributed by atoms with Crippen molar-refractivity contribution in [2.45, 2.75) is 46.1 Å². The molecule has 1 aromatic carbocycles. The van der Waals surface area contributed by atoms with Crippen molar-refractivity contribution < 1.29 is 9.18 Å². The zero-order chi connectivity index (χ0) is 14.0. The van der Waals surface area contributed by atoms with E-state index in [4.69, 9.17) is 0 Å². The smallest absolute Gasteiger partial charge is 0.257 e. The SMILES string of the molecule is CCC1CCCN(C(=O)c2c(C)cccc2F)C1C. The van der Waals surface area contributed by atoms with E-state index in [9.17, 15) is 9.18 Å². The zero-order valence-corrected chi connectivity index (χ0v) is 11.9. The number of aryl methyl sites for hydroxylation is 1. The molecule has 0 aromatic heterocycles. The first kappa shape index (κ1) is 14.0. The number of hydrogen-bond acceptors (Lipinski definition) is 1. The molecule has 2 rings (SSSR count). The van der Waals surface area contributed by atoms with Gasteiger partial charge in [0.2, 0.25) is 0 Å². The molecule has 3 heteroatoms. The van der Waals surface area contributed by atoms with Gasteiger partial charge in [-0.3, -0.25) is 4.79 Å². The van der Waals surface area contributed by atoms with Crippen LogP contribution in [0.15, 0.2) is 18.2 Å². The van der Waals surface area contributed by atoms with Crippen LogP contribution in [-0.2, 0) is 0 Å². The van der Waals surface area contributed by atoms with Crippen molar-refractivity contribution >= 4 is 5.91 Å². The first-order chi connectivity index (χ1) is 9.06. The molecule has 0 spiro atoms. The van der Waals surface area contributed by atoms with Crippen LogP contribution in [0.5, 0.6) is 0 Å². The maximum Gasteiger partial charge on any atom is 0.257 e. The second-order valence-corrected chi connectivity index (χ2v) is 5.48. The van der Waals surface area contributed by atoms with Gasteiger partial charge in [-0.15, -0.1) is 0 Å². The summed E-state index contributed by atoms with van der Waals surface area (Å²) < 4.78 is 13.9. The lowest BCUT2D eigenvalue weighted by atomic mass is 9.87. The van der Waals surface area contributed by atoms with E-state index in [0.717, 1.165) is 31.4 Å². The lowest BCUT2D eigenvalue weighted by Crippen LogP contribution is -2.47. The lowest BCUT2D eigenvalue weighted by molar-refractivity contribution is 0.0520. The Morgan fingerprint density at radius 2 is 2.21 bits per heavy atom. The lowest BCUT2D eigenvalue weighted by Gasteiger charge is -2.39. The van der Waals surface area contributed by atoms with Crippen LogP contribution in [-0.4, -0.2) is 23.4 Å². The van der Waals surface area contributed by atoms with E-state index >= 15 is 0 Å². The fraction of sp³-hybridized carbons (Fsp3) is 0.562. The second kappa shape index (κ2) is 5.72. The first-order valence-electron chi connectivity index (χ1n) is 7.12. The van der Waals surface area contributed by atoms with Gasteiger partial charge < -0.3 is 4.90 Å². The molecular formula is C16H22FNO. The summed E-state index contributed by atoms with van der Waals surface area (Å²) in [5.41, 5.74) is 0.960. The molecule has 19 heavy (non-hydrogen) atoms. The van der Waals surface area contributed by atoms with Crippen LogP contribution in [0.25, 0.3) is 0 Å². The molecule has 1 aliphatic rings. The summed E-state index contributed by atoms with van der Waals surface area (Å²) in [7, 11) is 0. The molecule has 104 valence electrons. The summed E-state index contributed by atoms with van der Waals surface area (Å²) >= 11 is 0. The molecule has 1 saturated heterocycles. The second-order valence-electron chi connectivity index (χ2n) is 5.48. The summed E-state index contributed by atoms with van der Waals surface area (Å²) in [6.07, 6.45) is 3.25. The topological polar surface area (TPSA) is 20.3 Å². The summed E-state index contributed by atoms with van der Waals surface area (Å²) in [5.74, 6) is -0.0261. The van der Waals surface area contributed by atoms with Gasteiger partial charge in [-0.2, -0.15) is 0 Å². The van der Waals surface area contributed by atoms with Gasteiger partial charge in [0.1, 0.15) is 5.82 Å². The highest BCUT2D eigenvalue weighted by Crippen LogP contribution is 2.28. The molecule has 0 bridgehead atoms. The van der Waals surface area contributed by atoms with Gasteiger partial charge in [0.15, 0.2) is 0 Å². The van der Waals surface area contributed by atoms with E-state index in [0.29, 0.717) is 5.92 Å². The Balaban J connectivity index is 2.28. The van der Waals surface area contributed by atoms with Crippen molar-refractivity contribution in [3.63, 3.8) is 0 Å². The van der Waals surface area contributed by atoms with Crippen LogP contribution < -0.4 is 0 Å². The van der Waals surface area contributed by atoms with Crippen LogP contribution >= 0.6 is 0 Å². The zero-order valence-electron chi connectivity index (χ0n) is 11.9. The molecule has 1 heterocycles. The predicted octanol–water partition coefficient (Wildman–Crippen LogP) is 3.78. The van der Waals surface area contributed by atoms with E-state index in [1.165, 1.54) is 6.07 Å². The van der Waals surface area contributed by atoms with Crippen LogP contribution in [0.1, 0.15) is 49.0 Å². The fourth-order valence-electron chi connectivity index (χ4n) is 3.10. The Bertz CT molecular complexity index is 452. The third kappa shape index (κ3) is 2.65. The minimum Gasteiger partial charge on any atom is -0.336 e. The number of rotatable bonds is 2. The van der Waals surface area contributed by atoms with E-state index in [2.05, 4.69) is 13.8 Å². The number of benzene rings is 1. The summed E-state index contributed by atoms with van der Waals surface area (Å²) in [6.45, 7) is 6.78. The highest BCUT2D eigenvalue weighted by molar-refractivity contribution is 5.96. The van der Waals surface area contributed by atoms with E-state index < -0.39 is 5.82 Å². The summed E-state index contributed by atoms with van der Waals surface area (Å²) in [5, 5.41) is 0. The normalized spacial score (nSPS) is 23.5. The molecule has 0 N–H and O–H groups in total. The van der Waals surface area contributed by atoms with Gasteiger partial charge in [-0.1, -0.05) is 25.5 Å². The van der Waals surface area contributed by atoms with Gasteiger partial charge >= 0.3 is 0 Å². The number of hydrogen-bond donors (Lipinski definition) is 0. The molecular weight excluding hydrogens is 241 g/mol. The molecule has 2 atom stereocenters. The third-order valence-electron chi connectivity index (χ3n) is 4.37. The van der Waals surface area contributed by atoms with Gasteiger partial charge in [0.25, 0.3) is 5.91 Å². The van der Waals surface area contributed by atoms with Crippen LogP contribution in [0.3, 0.4) is 0 Å². The molecule has 1 fully saturated rings. The van der Waals surface area contributed by atoms with E-state index in [1.54, 1.807) is 19.1 Å². The molecule has 2 unspecified atom stereocenters. The van der Waals surface area contributed by atoms with Gasteiger partial charge in [0, 0.05) is 12.6 Å². The minimum absolute atomic E-state index is 0.152. The Morgan fingerprint density at radius 3 is 2.84 bits per heavy atom. The Morgan fingerprint density at radius 1 is 1.47 bits per heavy atom. The summed E-state index contributed by atoms with van der Waals surface area (Å²) in [4.78, 5) is 14.4.